The molecule has 0 saturated carbocycles. The van der Waals surface area contributed by atoms with Gasteiger partial charge in [0.15, 0.2) is 0 Å². The number of hydrogen-bond acceptors (Lipinski definition) is 1. The van der Waals surface area contributed by atoms with Gasteiger partial charge >= 0.3 is 0 Å². The molecule has 0 N–H and O–H groups in total. The first-order chi connectivity index (χ1) is 5.11. The molecule has 1 nitrogen and oxygen atoms in total. The predicted molar refractivity (Wildman–Crippen MR) is 47.3 cm³/mol. The van der Waals surface area contributed by atoms with Crippen molar-refractivity contribution in [2.75, 3.05) is 6.61 Å². The van der Waals surface area contributed by atoms with E-state index in [-0.39, 0.29) is 16.6 Å². The van der Waals surface area contributed by atoms with Crippen molar-refractivity contribution >= 4 is 22.6 Å². The molecule has 0 aromatic heterocycles. The Morgan fingerprint density at radius 2 is 2.18 bits per heavy atom. The molecule has 1 aliphatic rings. The number of halogens is 3. The number of rotatable bonds is 1. The largest absolute Gasteiger partial charge is 0.377 e. The summed E-state index contributed by atoms with van der Waals surface area (Å²) in [5.41, 5.74) is 0. The van der Waals surface area contributed by atoms with Crippen LogP contribution in [-0.4, -0.2) is 23.1 Å². The van der Waals surface area contributed by atoms with Crippen molar-refractivity contribution in [1.29, 1.82) is 0 Å². The van der Waals surface area contributed by atoms with Crippen LogP contribution >= 0.6 is 22.6 Å². The Bertz CT molecular complexity index is 132. The van der Waals surface area contributed by atoms with E-state index in [2.05, 4.69) is 22.6 Å². The van der Waals surface area contributed by atoms with Gasteiger partial charge in [0, 0.05) is 9.84 Å². The van der Waals surface area contributed by atoms with Crippen LogP contribution in [0.2, 0.25) is 0 Å². The van der Waals surface area contributed by atoms with E-state index in [4.69, 9.17) is 4.74 Å². The first-order valence-electron chi connectivity index (χ1n) is 3.65. The predicted octanol–water partition coefficient (Wildman–Crippen LogP) is 2.48. The Morgan fingerprint density at radius 1 is 1.55 bits per heavy atom. The molecule has 0 spiro atoms. The zero-order chi connectivity index (χ0) is 8.43. The third-order valence-corrected chi connectivity index (χ3v) is 3.49. The van der Waals surface area contributed by atoms with Crippen molar-refractivity contribution < 1.29 is 13.5 Å². The van der Waals surface area contributed by atoms with Crippen LogP contribution < -0.4 is 0 Å². The SMILES string of the molecule is C[C@@H]1OCC(C(F)F)CC1I. The van der Waals surface area contributed by atoms with Crippen LogP contribution in [0.5, 0.6) is 0 Å². The molecule has 1 rings (SSSR count). The first-order valence-corrected chi connectivity index (χ1v) is 4.89. The summed E-state index contributed by atoms with van der Waals surface area (Å²) in [4.78, 5) is 0. The maximum Gasteiger partial charge on any atom is 0.243 e. The fraction of sp³-hybridized carbons (Fsp3) is 1.00. The lowest BCUT2D eigenvalue weighted by molar-refractivity contribution is -0.0521. The smallest absolute Gasteiger partial charge is 0.243 e. The molecule has 0 bridgehead atoms. The third-order valence-electron chi connectivity index (χ3n) is 1.97. The number of alkyl halides is 3. The summed E-state index contributed by atoms with van der Waals surface area (Å²) in [6.07, 6.45) is -1.51. The fourth-order valence-corrected chi connectivity index (χ4v) is 1.97. The minimum Gasteiger partial charge on any atom is -0.377 e. The van der Waals surface area contributed by atoms with E-state index < -0.39 is 12.3 Å². The van der Waals surface area contributed by atoms with E-state index in [1.54, 1.807) is 0 Å². The van der Waals surface area contributed by atoms with Gasteiger partial charge in [-0.1, -0.05) is 22.6 Å². The molecule has 1 heterocycles. The summed E-state index contributed by atoms with van der Waals surface area (Å²) in [5, 5.41) is 0. The highest BCUT2D eigenvalue weighted by Gasteiger charge is 2.31. The van der Waals surface area contributed by atoms with Gasteiger partial charge < -0.3 is 4.74 Å². The van der Waals surface area contributed by atoms with Gasteiger partial charge in [-0.15, -0.1) is 0 Å². The van der Waals surface area contributed by atoms with E-state index in [9.17, 15) is 8.78 Å². The molecule has 66 valence electrons. The Balaban J connectivity index is 2.40. The molecule has 3 atom stereocenters. The van der Waals surface area contributed by atoms with E-state index in [1.807, 2.05) is 6.92 Å². The van der Waals surface area contributed by atoms with Crippen molar-refractivity contribution in [2.24, 2.45) is 5.92 Å². The van der Waals surface area contributed by atoms with Gasteiger partial charge in [-0.2, -0.15) is 0 Å². The van der Waals surface area contributed by atoms with Crippen LogP contribution in [0.4, 0.5) is 8.78 Å². The monoisotopic (exact) mass is 276 g/mol. The van der Waals surface area contributed by atoms with Crippen molar-refractivity contribution in [3.63, 3.8) is 0 Å². The second-order valence-corrected chi connectivity index (χ2v) is 4.48. The van der Waals surface area contributed by atoms with Gasteiger partial charge in [0.25, 0.3) is 0 Å². The summed E-state index contributed by atoms with van der Waals surface area (Å²) in [5.74, 6) is -0.548. The molecule has 0 aromatic carbocycles. The zero-order valence-corrected chi connectivity index (χ0v) is 8.42. The molecule has 0 radical (unpaired) electrons. The Kier molecular flexibility index (Phi) is 3.49. The molecule has 1 saturated heterocycles. The van der Waals surface area contributed by atoms with Gasteiger partial charge in [0.2, 0.25) is 6.43 Å². The average molecular weight is 276 g/mol. The lowest BCUT2D eigenvalue weighted by Crippen LogP contribution is -2.35. The van der Waals surface area contributed by atoms with Crippen molar-refractivity contribution in [3.8, 4) is 0 Å². The molecular weight excluding hydrogens is 265 g/mol. The van der Waals surface area contributed by atoms with Crippen molar-refractivity contribution in [3.05, 3.63) is 0 Å². The summed E-state index contributed by atoms with van der Waals surface area (Å²) in [6.45, 7) is 2.15. The topological polar surface area (TPSA) is 9.23 Å². The van der Waals surface area contributed by atoms with Crippen LogP contribution in [0, 0.1) is 5.92 Å². The quantitative estimate of drug-likeness (QED) is 0.528. The number of ether oxygens (including phenoxy) is 1. The van der Waals surface area contributed by atoms with Crippen LogP contribution in [0.25, 0.3) is 0 Å². The molecule has 4 heteroatoms. The van der Waals surface area contributed by atoms with Crippen molar-refractivity contribution in [1.82, 2.24) is 0 Å². The molecule has 2 unspecified atom stereocenters. The van der Waals surface area contributed by atoms with E-state index in [1.165, 1.54) is 0 Å². The van der Waals surface area contributed by atoms with Gasteiger partial charge in [0.1, 0.15) is 0 Å². The molecular formula is C7H11F2IO. The van der Waals surface area contributed by atoms with Gasteiger partial charge in [-0.3, -0.25) is 0 Å². The molecule has 1 aliphatic heterocycles. The molecule has 1 fully saturated rings. The molecule has 11 heavy (non-hydrogen) atoms. The summed E-state index contributed by atoms with van der Waals surface area (Å²) in [7, 11) is 0. The Labute approximate surface area is 78.6 Å². The highest BCUT2D eigenvalue weighted by Crippen LogP contribution is 2.29. The standard InChI is InChI=1S/C7H11F2IO/c1-4-6(10)2-5(3-11-4)7(8)9/h4-7H,2-3H2,1H3/t4-,5?,6?/m0/s1. The van der Waals surface area contributed by atoms with E-state index in [0.29, 0.717) is 6.42 Å². The highest BCUT2D eigenvalue weighted by atomic mass is 127. The van der Waals surface area contributed by atoms with E-state index in [0.717, 1.165) is 0 Å². The minimum atomic E-state index is -2.22. The number of hydrogen-bond donors (Lipinski definition) is 0. The lowest BCUT2D eigenvalue weighted by atomic mass is 10.00. The third kappa shape index (κ3) is 2.50. The Hall–Kier alpha value is 0.550. The summed E-state index contributed by atoms with van der Waals surface area (Å²) >= 11 is 2.17. The lowest BCUT2D eigenvalue weighted by Gasteiger charge is -2.30. The molecule has 0 aromatic rings. The van der Waals surface area contributed by atoms with Crippen LogP contribution in [0.15, 0.2) is 0 Å². The van der Waals surface area contributed by atoms with Crippen LogP contribution in [0.1, 0.15) is 13.3 Å². The second kappa shape index (κ2) is 3.98. The van der Waals surface area contributed by atoms with Gasteiger partial charge in [0.05, 0.1) is 12.7 Å². The van der Waals surface area contributed by atoms with E-state index >= 15 is 0 Å². The van der Waals surface area contributed by atoms with Crippen LogP contribution in [-0.2, 0) is 4.74 Å². The van der Waals surface area contributed by atoms with Gasteiger partial charge in [-0.25, -0.2) is 8.78 Å². The average Bonchev–Trinajstić information content (AvgIpc) is 1.94. The minimum absolute atomic E-state index is 0.130. The first kappa shape index (κ1) is 9.64. The van der Waals surface area contributed by atoms with Gasteiger partial charge in [-0.05, 0) is 13.3 Å². The summed E-state index contributed by atoms with van der Waals surface area (Å²) in [6, 6.07) is 0. The fourth-order valence-electron chi connectivity index (χ4n) is 1.10. The highest BCUT2D eigenvalue weighted by molar-refractivity contribution is 14.1. The van der Waals surface area contributed by atoms with Crippen LogP contribution in [0.3, 0.4) is 0 Å². The molecule has 0 aliphatic carbocycles. The Morgan fingerprint density at radius 3 is 2.64 bits per heavy atom. The maximum absolute atomic E-state index is 12.1. The summed E-state index contributed by atoms with van der Waals surface area (Å²) < 4.78 is 29.7. The zero-order valence-electron chi connectivity index (χ0n) is 6.27. The molecule has 0 amide bonds. The second-order valence-electron chi connectivity index (χ2n) is 2.88. The maximum atomic E-state index is 12.1. The van der Waals surface area contributed by atoms with Crippen molar-refractivity contribution in [2.45, 2.75) is 29.8 Å². The normalized spacial score (nSPS) is 39.5.